The van der Waals surface area contributed by atoms with Crippen LogP contribution in [0, 0.1) is 5.92 Å². The van der Waals surface area contributed by atoms with Crippen LogP contribution in [0.15, 0.2) is 18.2 Å². The van der Waals surface area contributed by atoms with Crippen LogP contribution in [0.4, 0.5) is 0 Å². The summed E-state index contributed by atoms with van der Waals surface area (Å²) in [6.07, 6.45) is 0.485. The molecule has 2 atom stereocenters. The lowest BCUT2D eigenvalue weighted by Crippen LogP contribution is -2.13. The summed E-state index contributed by atoms with van der Waals surface area (Å²) in [6.45, 7) is 3.92. The van der Waals surface area contributed by atoms with E-state index in [2.05, 4.69) is 0 Å². The van der Waals surface area contributed by atoms with Crippen LogP contribution in [-0.2, 0) is 4.74 Å². The van der Waals surface area contributed by atoms with Gasteiger partial charge in [-0.2, -0.15) is 0 Å². The Labute approximate surface area is 107 Å². The third-order valence-corrected chi connectivity index (χ3v) is 3.17. The first-order valence-corrected chi connectivity index (χ1v) is 6.27. The zero-order valence-corrected chi connectivity index (χ0v) is 10.9. The van der Waals surface area contributed by atoms with Crippen molar-refractivity contribution in [2.45, 2.75) is 19.4 Å². The topological polar surface area (TPSA) is 47.9 Å². The quantitative estimate of drug-likeness (QED) is 0.872. The molecule has 18 heavy (non-hydrogen) atoms. The van der Waals surface area contributed by atoms with Crippen LogP contribution in [0.2, 0.25) is 0 Å². The van der Waals surface area contributed by atoms with Crippen molar-refractivity contribution in [2.24, 2.45) is 5.92 Å². The Kier molecular flexibility index (Phi) is 4.44. The molecule has 0 aromatic heterocycles. The average Bonchev–Trinajstić information content (AvgIpc) is 2.88. The summed E-state index contributed by atoms with van der Waals surface area (Å²) in [5, 5.41) is 9.71. The molecule has 2 rings (SSSR count). The number of methoxy groups -OCH3 is 1. The SMILES string of the molecule is COc1ccc([C@@H](C)O)c(OCC2CCOC2)c1. The average molecular weight is 252 g/mol. The zero-order chi connectivity index (χ0) is 13.0. The molecule has 1 fully saturated rings. The highest BCUT2D eigenvalue weighted by molar-refractivity contribution is 5.41. The van der Waals surface area contributed by atoms with Crippen molar-refractivity contribution in [3.05, 3.63) is 23.8 Å². The number of aliphatic hydroxyl groups is 1. The van der Waals surface area contributed by atoms with Gasteiger partial charge in [-0.15, -0.1) is 0 Å². The maximum Gasteiger partial charge on any atom is 0.128 e. The number of ether oxygens (including phenoxy) is 3. The highest BCUT2D eigenvalue weighted by Gasteiger charge is 2.18. The van der Waals surface area contributed by atoms with Crippen LogP contribution in [0.5, 0.6) is 11.5 Å². The summed E-state index contributed by atoms with van der Waals surface area (Å²) in [6, 6.07) is 5.48. The summed E-state index contributed by atoms with van der Waals surface area (Å²) in [7, 11) is 1.62. The molecule has 100 valence electrons. The molecule has 4 heteroatoms. The number of benzene rings is 1. The molecule has 1 saturated heterocycles. The Morgan fingerprint density at radius 1 is 1.50 bits per heavy atom. The minimum absolute atomic E-state index is 0.443. The third kappa shape index (κ3) is 3.15. The maximum atomic E-state index is 9.71. The number of hydrogen-bond acceptors (Lipinski definition) is 4. The summed E-state index contributed by atoms with van der Waals surface area (Å²) in [5.74, 6) is 1.87. The molecule has 4 nitrogen and oxygen atoms in total. The van der Waals surface area contributed by atoms with Gasteiger partial charge in [0.1, 0.15) is 11.5 Å². The Bertz CT molecular complexity index is 383. The lowest BCUT2D eigenvalue weighted by molar-refractivity contribution is 0.161. The molecule has 1 aromatic carbocycles. The molecule has 1 N–H and O–H groups in total. The van der Waals surface area contributed by atoms with Crippen LogP contribution in [-0.4, -0.2) is 32.0 Å². The van der Waals surface area contributed by atoms with Crippen molar-refractivity contribution >= 4 is 0 Å². The third-order valence-electron chi connectivity index (χ3n) is 3.17. The van der Waals surface area contributed by atoms with Crippen molar-refractivity contribution in [3.8, 4) is 11.5 Å². The molecule has 1 heterocycles. The minimum Gasteiger partial charge on any atom is -0.497 e. The van der Waals surface area contributed by atoms with E-state index in [1.54, 1.807) is 14.0 Å². The van der Waals surface area contributed by atoms with E-state index in [0.29, 0.717) is 18.3 Å². The van der Waals surface area contributed by atoms with Gasteiger partial charge in [0.05, 0.1) is 26.4 Å². The molecule has 1 aliphatic heterocycles. The molecule has 0 aliphatic carbocycles. The van der Waals surface area contributed by atoms with Crippen molar-refractivity contribution in [3.63, 3.8) is 0 Å². The molecule has 0 bridgehead atoms. The molecule has 1 aromatic rings. The molecule has 0 amide bonds. The van der Waals surface area contributed by atoms with E-state index < -0.39 is 6.10 Å². The van der Waals surface area contributed by atoms with Crippen LogP contribution in [0.1, 0.15) is 25.0 Å². The molecular weight excluding hydrogens is 232 g/mol. The van der Waals surface area contributed by atoms with Crippen molar-refractivity contribution in [1.82, 2.24) is 0 Å². The summed E-state index contributed by atoms with van der Waals surface area (Å²) >= 11 is 0. The Morgan fingerprint density at radius 3 is 2.94 bits per heavy atom. The van der Waals surface area contributed by atoms with Gasteiger partial charge in [-0.05, 0) is 25.5 Å². The first-order valence-electron chi connectivity index (χ1n) is 6.27. The predicted octanol–water partition coefficient (Wildman–Crippen LogP) is 2.16. The minimum atomic E-state index is -0.550. The summed E-state index contributed by atoms with van der Waals surface area (Å²) in [5.41, 5.74) is 0.787. The Hall–Kier alpha value is -1.26. The Balaban J connectivity index is 2.07. The maximum absolute atomic E-state index is 9.71. The molecule has 0 radical (unpaired) electrons. The second kappa shape index (κ2) is 6.07. The summed E-state index contributed by atoms with van der Waals surface area (Å²) < 4.78 is 16.3. The normalized spacial score (nSPS) is 20.7. The van der Waals surface area contributed by atoms with Gasteiger partial charge in [0.25, 0.3) is 0 Å². The van der Waals surface area contributed by atoms with E-state index in [9.17, 15) is 5.11 Å². The fraction of sp³-hybridized carbons (Fsp3) is 0.571. The fourth-order valence-electron chi connectivity index (χ4n) is 2.03. The van der Waals surface area contributed by atoms with Gasteiger partial charge < -0.3 is 19.3 Å². The first kappa shape index (κ1) is 13.2. The molecular formula is C14H20O4. The van der Waals surface area contributed by atoms with Gasteiger partial charge in [0.15, 0.2) is 0 Å². The standard InChI is InChI=1S/C14H20O4/c1-10(15)13-4-3-12(16-2)7-14(13)18-9-11-5-6-17-8-11/h3-4,7,10-11,15H,5-6,8-9H2,1-2H3/t10-,11?/m1/s1. The van der Waals surface area contributed by atoms with E-state index >= 15 is 0 Å². The smallest absolute Gasteiger partial charge is 0.128 e. The zero-order valence-electron chi connectivity index (χ0n) is 10.9. The van der Waals surface area contributed by atoms with Crippen molar-refractivity contribution < 1.29 is 19.3 Å². The van der Waals surface area contributed by atoms with Crippen LogP contribution in [0.25, 0.3) is 0 Å². The predicted molar refractivity (Wildman–Crippen MR) is 68.0 cm³/mol. The van der Waals surface area contributed by atoms with E-state index in [1.165, 1.54) is 0 Å². The fourth-order valence-corrected chi connectivity index (χ4v) is 2.03. The highest BCUT2D eigenvalue weighted by Crippen LogP contribution is 2.30. The van der Waals surface area contributed by atoms with Crippen LogP contribution in [0.3, 0.4) is 0 Å². The van der Waals surface area contributed by atoms with E-state index in [1.807, 2.05) is 18.2 Å². The number of aliphatic hydroxyl groups excluding tert-OH is 1. The van der Waals surface area contributed by atoms with Gasteiger partial charge >= 0.3 is 0 Å². The second-order valence-corrected chi connectivity index (χ2v) is 4.62. The van der Waals surface area contributed by atoms with Gasteiger partial charge in [-0.25, -0.2) is 0 Å². The largest absolute Gasteiger partial charge is 0.497 e. The number of rotatable bonds is 5. The van der Waals surface area contributed by atoms with Gasteiger partial charge in [0, 0.05) is 24.2 Å². The van der Waals surface area contributed by atoms with E-state index in [0.717, 1.165) is 30.9 Å². The van der Waals surface area contributed by atoms with E-state index in [-0.39, 0.29) is 0 Å². The van der Waals surface area contributed by atoms with Crippen molar-refractivity contribution in [1.29, 1.82) is 0 Å². The molecule has 1 aliphatic rings. The first-order chi connectivity index (χ1) is 8.70. The van der Waals surface area contributed by atoms with Crippen LogP contribution < -0.4 is 9.47 Å². The van der Waals surface area contributed by atoms with Crippen LogP contribution >= 0.6 is 0 Å². The molecule has 0 spiro atoms. The second-order valence-electron chi connectivity index (χ2n) is 4.62. The van der Waals surface area contributed by atoms with E-state index in [4.69, 9.17) is 14.2 Å². The molecule has 1 unspecified atom stereocenters. The van der Waals surface area contributed by atoms with Crippen molar-refractivity contribution in [2.75, 3.05) is 26.9 Å². The summed E-state index contributed by atoms with van der Waals surface area (Å²) in [4.78, 5) is 0. The van der Waals surface area contributed by atoms with Gasteiger partial charge in [-0.1, -0.05) is 0 Å². The van der Waals surface area contributed by atoms with Gasteiger partial charge in [-0.3, -0.25) is 0 Å². The lowest BCUT2D eigenvalue weighted by Gasteiger charge is -2.16. The monoisotopic (exact) mass is 252 g/mol. The highest BCUT2D eigenvalue weighted by atomic mass is 16.5. The number of hydrogen-bond donors (Lipinski definition) is 1. The Morgan fingerprint density at radius 2 is 2.33 bits per heavy atom. The van der Waals surface area contributed by atoms with Gasteiger partial charge in [0.2, 0.25) is 0 Å². The molecule has 0 saturated carbocycles. The lowest BCUT2D eigenvalue weighted by atomic mass is 10.1.